The predicted octanol–water partition coefficient (Wildman–Crippen LogP) is 3.12. The number of benzene rings is 1. The molecule has 0 fully saturated rings. The van der Waals surface area contributed by atoms with Crippen LogP contribution in [0.2, 0.25) is 5.15 Å². The lowest BCUT2D eigenvalue weighted by atomic mass is 10.1. The Morgan fingerprint density at radius 3 is 2.68 bits per heavy atom. The molecule has 0 amide bonds. The smallest absolute Gasteiger partial charge is 0.131 e. The van der Waals surface area contributed by atoms with Gasteiger partial charge in [-0.05, 0) is 17.5 Å². The molecule has 6 heteroatoms. The third-order valence-corrected chi connectivity index (χ3v) is 4.04. The van der Waals surface area contributed by atoms with Gasteiger partial charge in [0.05, 0.1) is 12.3 Å². The number of nitrogens with one attached hydrogen (secondary N) is 1. The molecule has 0 bridgehead atoms. The molecule has 4 nitrogen and oxygen atoms in total. The van der Waals surface area contributed by atoms with Crippen LogP contribution in [0.25, 0.3) is 0 Å². The quantitative estimate of drug-likeness (QED) is 0.858. The standard InChI is InChI=1S/C16H21ClFN3O/c1-10(2)15-13(16(17)21(3)20-15)8-19-7-11-4-5-12(9-22)14(18)6-11/h4-6,10,19,22H,7-9H2,1-3H3. The number of hydrogen-bond donors (Lipinski definition) is 2. The van der Waals surface area contributed by atoms with Crippen LogP contribution in [0.15, 0.2) is 18.2 Å². The van der Waals surface area contributed by atoms with Crippen molar-refractivity contribution in [1.82, 2.24) is 15.1 Å². The number of aliphatic hydroxyl groups is 1. The second-order valence-corrected chi connectivity index (χ2v) is 5.98. The summed E-state index contributed by atoms with van der Waals surface area (Å²) in [6.45, 7) is 4.95. The molecule has 0 spiro atoms. The third-order valence-electron chi connectivity index (χ3n) is 3.57. The maximum absolute atomic E-state index is 13.6. The van der Waals surface area contributed by atoms with Crippen LogP contribution in [-0.4, -0.2) is 14.9 Å². The fourth-order valence-electron chi connectivity index (χ4n) is 2.36. The lowest BCUT2D eigenvalue weighted by Crippen LogP contribution is -2.14. The van der Waals surface area contributed by atoms with E-state index >= 15 is 0 Å². The summed E-state index contributed by atoms with van der Waals surface area (Å²) in [5, 5.41) is 17.3. The highest BCUT2D eigenvalue weighted by atomic mass is 35.5. The summed E-state index contributed by atoms with van der Waals surface area (Å²) in [7, 11) is 1.82. The van der Waals surface area contributed by atoms with Gasteiger partial charge in [0, 0.05) is 31.3 Å². The fourth-order valence-corrected chi connectivity index (χ4v) is 2.56. The van der Waals surface area contributed by atoms with Crippen molar-refractivity contribution in [3.05, 3.63) is 51.6 Å². The predicted molar refractivity (Wildman–Crippen MR) is 85.2 cm³/mol. The first-order valence-electron chi connectivity index (χ1n) is 7.24. The molecular formula is C16H21ClFN3O. The first kappa shape index (κ1) is 16.9. The molecule has 0 saturated carbocycles. The molecule has 1 aromatic heterocycles. The summed E-state index contributed by atoms with van der Waals surface area (Å²) in [4.78, 5) is 0. The third kappa shape index (κ3) is 3.66. The summed E-state index contributed by atoms with van der Waals surface area (Å²) in [5.41, 5.74) is 3.08. The zero-order chi connectivity index (χ0) is 16.3. The first-order chi connectivity index (χ1) is 10.4. The average Bonchev–Trinajstić information content (AvgIpc) is 2.76. The lowest BCUT2D eigenvalue weighted by Gasteiger charge is -2.09. The Hall–Kier alpha value is -1.43. The van der Waals surface area contributed by atoms with Crippen molar-refractivity contribution < 1.29 is 9.50 Å². The Balaban J connectivity index is 2.04. The molecule has 0 radical (unpaired) electrons. The van der Waals surface area contributed by atoms with Crippen molar-refractivity contribution >= 4 is 11.6 Å². The van der Waals surface area contributed by atoms with Crippen LogP contribution in [0.3, 0.4) is 0 Å². The molecule has 2 aromatic rings. The van der Waals surface area contributed by atoms with Gasteiger partial charge >= 0.3 is 0 Å². The van der Waals surface area contributed by atoms with Crippen molar-refractivity contribution in [2.75, 3.05) is 0 Å². The van der Waals surface area contributed by atoms with Crippen molar-refractivity contribution in [2.24, 2.45) is 7.05 Å². The molecule has 0 aliphatic rings. The largest absolute Gasteiger partial charge is 0.392 e. The molecule has 0 atom stereocenters. The molecule has 2 rings (SSSR count). The van der Waals surface area contributed by atoms with Crippen LogP contribution in [0, 0.1) is 5.82 Å². The Kier molecular flexibility index (Phi) is 5.56. The molecular weight excluding hydrogens is 305 g/mol. The van der Waals surface area contributed by atoms with Gasteiger partial charge in [0.15, 0.2) is 0 Å². The minimum Gasteiger partial charge on any atom is -0.392 e. The number of rotatable bonds is 6. The minimum atomic E-state index is -0.385. The Morgan fingerprint density at radius 2 is 2.09 bits per heavy atom. The Bertz CT molecular complexity index is 655. The maximum Gasteiger partial charge on any atom is 0.131 e. The van der Waals surface area contributed by atoms with Crippen LogP contribution in [0.5, 0.6) is 0 Å². The van der Waals surface area contributed by atoms with Crippen LogP contribution in [0.4, 0.5) is 4.39 Å². The van der Waals surface area contributed by atoms with E-state index in [2.05, 4.69) is 24.3 Å². The normalized spacial score (nSPS) is 11.4. The molecule has 22 heavy (non-hydrogen) atoms. The first-order valence-corrected chi connectivity index (χ1v) is 7.62. The van der Waals surface area contributed by atoms with Gasteiger partial charge < -0.3 is 10.4 Å². The summed E-state index contributed by atoms with van der Waals surface area (Å²) >= 11 is 6.28. The molecule has 120 valence electrons. The van der Waals surface area contributed by atoms with E-state index in [0.717, 1.165) is 16.8 Å². The van der Waals surface area contributed by atoms with E-state index < -0.39 is 0 Å². The maximum atomic E-state index is 13.6. The second kappa shape index (κ2) is 7.22. The van der Waals surface area contributed by atoms with Gasteiger partial charge in [-0.2, -0.15) is 5.10 Å². The van der Waals surface area contributed by atoms with Gasteiger partial charge in [0.2, 0.25) is 0 Å². The zero-order valence-electron chi connectivity index (χ0n) is 13.0. The van der Waals surface area contributed by atoms with Gasteiger partial charge in [0.1, 0.15) is 11.0 Å². The average molecular weight is 326 g/mol. The van der Waals surface area contributed by atoms with Gasteiger partial charge in [-0.3, -0.25) is 4.68 Å². The lowest BCUT2D eigenvalue weighted by molar-refractivity contribution is 0.275. The Labute approximate surface area is 134 Å². The summed E-state index contributed by atoms with van der Waals surface area (Å²) in [6, 6.07) is 4.84. The number of aryl methyl sites for hydroxylation is 1. The van der Waals surface area contributed by atoms with E-state index in [1.165, 1.54) is 6.07 Å². The van der Waals surface area contributed by atoms with Crippen LogP contribution in [0.1, 0.15) is 42.1 Å². The number of aromatic nitrogens is 2. The molecule has 2 N–H and O–H groups in total. The van der Waals surface area contributed by atoms with E-state index in [-0.39, 0.29) is 18.3 Å². The monoisotopic (exact) mass is 325 g/mol. The van der Waals surface area contributed by atoms with E-state index in [1.54, 1.807) is 16.8 Å². The van der Waals surface area contributed by atoms with Gasteiger partial charge in [-0.15, -0.1) is 0 Å². The van der Waals surface area contributed by atoms with E-state index in [1.807, 2.05) is 7.05 Å². The van der Waals surface area contributed by atoms with Gasteiger partial charge in [0.25, 0.3) is 0 Å². The Morgan fingerprint density at radius 1 is 1.36 bits per heavy atom. The molecule has 0 unspecified atom stereocenters. The zero-order valence-corrected chi connectivity index (χ0v) is 13.8. The van der Waals surface area contributed by atoms with Crippen molar-refractivity contribution in [1.29, 1.82) is 0 Å². The van der Waals surface area contributed by atoms with Crippen LogP contribution >= 0.6 is 11.6 Å². The van der Waals surface area contributed by atoms with E-state index in [0.29, 0.717) is 23.8 Å². The number of hydrogen-bond acceptors (Lipinski definition) is 3. The van der Waals surface area contributed by atoms with Gasteiger partial charge in [-0.25, -0.2) is 4.39 Å². The molecule has 0 saturated heterocycles. The van der Waals surface area contributed by atoms with Crippen LogP contribution < -0.4 is 5.32 Å². The number of nitrogens with zero attached hydrogens (tertiary/aromatic N) is 2. The number of halogens is 2. The molecule has 0 aliphatic heterocycles. The molecule has 1 aromatic carbocycles. The minimum absolute atomic E-state index is 0.289. The van der Waals surface area contributed by atoms with Crippen molar-refractivity contribution in [3.8, 4) is 0 Å². The fraction of sp³-hybridized carbons (Fsp3) is 0.438. The van der Waals surface area contributed by atoms with Crippen LogP contribution in [-0.2, 0) is 26.7 Å². The van der Waals surface area contributed by atoms with Crippen molar-refractivity contribution in [2.45, 2.75) is 39.5 Å². The van der Waals surface area contributed by atoms with E-state index in [9.17, 15) is 4.39 Å². The summed E-state index contributed by atoms with van der Waals surface area (Å²) in [5.74, 6) is -0.0964. The second-order valence-electron chi connectivity index (χ2n) is 5.62. The highest BCUT2D eigenvalue weighted by Crippen LogP contribution is 2.25. The molecule has 0 aliphatic carbocycles. The topological polar surface area (TPSA) is 50.1 Å². The highest BCUT2D eigenvalue weighted by Gasteiger charge is 2.16. The van der Waals surface area contributed by atoms with Crippen molar-refractivity contribution in [3.63, 3.8) is 0 Å². The molecule has 1 heterocycles. The summed E-state index contributed by atoms with van der Waals surface area (Å²) < 4.78 is 15.3. The highest BCUT2D eigenvalue weighted by molar-refractivity contribution is 6.30. The number of aliphatic hydroxyl groups excluding tert-OH is 1. The van der Waals surface area contributed by atoms with E-state index in [4.69, 9.17) is 16.7 Å². The summed E-state index contributed by atoms with van der Waals surface area (Å²) in [6.07, 6.45) is 0. The SMILES string of the molecule is CC(C)c1nn(C)c(Cl)c1CNCc1ccc(CO)c(F)c1. The van der Waals surface area contributed by atoms with Gasteiger partial charge in [-0.1, -0.05) is 37.6 Å².